The smallest absolute Gasteiger partial charge is 0.246 e. The third-order valence-electron chi connectivity index (χ3n) is 4.57. The zero-order chi connectivity index (χ0) is 20.3. The quantitative estimate of drug-likeness (QED) is 0.790. The lowest BCUT2D eigenvalue weighted by Gasteiger charge is -2.27. The number of nitrogens with zero attached hydrogens (tertiary/aromatic N) is 1. The van der Waals surface area contributed by atoms with Crippen LogP contribution in [0, 0.1) is 11.6 Å². The van der Waals surface area contributed by atoms with Crippen LogP contribution < -0.4 is 10.1 Å². The molecule has 0 saturated carbocycles. The maximum atomic E-state index is 14.0. The second-order valence-electron chi connectivity index (χ2n) is 6.38. The Bertz CT molecular complexity index is 927. The molecule has 1 atom stereocenters. The highest BCUT2D eigenvalue weighted by atomic mass is 32.2. The predicted molar refractivity (Wildman–Crippen MR) is 101 cm³/mol. The molecule has 0 unspecified atom stereocenters. The molecule has 28 heavy (non-hydrogen) atoms. The summed E-state index contributed by atoms with van der Waals surface area (Å²) in [6.45, 7) is 2.74. The van der Waals surface area contributed by atoms with Crippen molar-refractivity contribution in [3.05, 3.63) is 53.6 Å². The van der Waals surface area contributed by atoms with Gasteiger partial charge in [0.15, 0.2) is 0 Å². The van der Waals surface area contributed by atoms with E-state index in [1.54, 1.807) is 13.0 Å². The standard InChI is InChI=1S/C19H22F2N2O4S/c1-13(19-15(20)4-3-5-16(19)21)22-14-6-7-17(26-2)18(12-14)28(24,25)23-8-10-27-11-9-23/h3-7,12-13,22H,8-11H2,1-2H3/t13-/m1/s1. The molecule has 1 heterocycles. The van der Waals surface area contributed by atoms with Crippen molar-refractivity contribution in [2.75, 3.05) is 38.7 Å². The molecule has 1 saturated heterocycles. The Labute approximate surface area is 163 Å². The van der Waals surface area contributed by atoms with E-state index in [0.717, 1.165) is 0 Å². The first-order chi connectivity index (χ1) is 13.3. The molecule has 152 valence electrons. The van der Waals surface area contributed by atoms with Crippen LogP contribution in [0.25, 0.3) is 0 Å². The molecule has 6 nitrogen and oxygen atoms in total. The summed E-state index contributed by atoms with van der Waals surface area (Å²) >= 11 is 0. The zero-order valence-electron chi connectivity index (χ0n) is 15.6. The van der Waals surface area contributed by atoms with Crippen LogP contribution >= 0.6 is 0 Å². The van der Waals surface area contributed by atoms with E-state index in [1.807, 2.05) is 0 Å². The third-order valence-corrected chi connectivity index (χ3v) is 6.49. The number of nitrogens with one attached hydrogen (secondary N) is 1. The highest BCUT2D eigenvalue weighted by molar-refractivity contribution is 7.89. The van der Waals surface area contributed by atoms with Gasteiger partial charge in [-0.3, -0.25) is 0 Å². The molecule has 0 spiro atoms. The zero-order valence-corrected chi connectivity index (χ0v) is 16.4. The molecule has 1 fully saturated rings. The van der Waals surface area contributed by atoms with Crippen molar-refractivity contribution in [2.45, 2.75) is 17.9 Å². The minimum atomic E-state index is -3.80. The Morgan fingerprint density at radius 3 is 2.39 bits per heavy atom. The molecule has 9 heteroatoms. The van der Waals surface area contributed by atoms with E-state index < -0.39 is 27.7 Å². The van der Waals surface area contributed by atoms with Crippen LogP contribution in [0.2, 0.25) is 0 Å². The second kappa shape index (κ2) is 8.42. The van der Waals surface area contributed by atoms with Crippen molar-refractivity contribution in [1.82, 2.24) is 4.31 Å². The van der Waals surface area contributed by atoms with E-state index in [4.69, 9.17) is 9.47 Å². The van der Waals surface area contributed by atoms with Crippen molar-refractivity contribution < 1.29 is 26.7 Å². The molecule has 3 rings (SSSR count). The molecule has 0 amide bonds. The van der Waals surface area contributed by atoms with Crippen LogP contribution in [-0.4, -0.2) is 46.1 Å². The number of hydrogen-bond donors (Lipinski definition) is 1. The van der Waals surface area contributed by atoms with Gasteiger partial charge in [0.05, 0.1) is 26.4 Å². The van der Waals surface area contributed by atoms with Crippen molar-refractivity contribution >= 4 is 15.7 Å². The van der Waals surface area contributed by atoms with Gasteiger partial charge in [-0.25, -0.2) is 17.2 Å². The number of morpholine rings is 1. The lowest BCUT2D eigenvalue weighted by molar-refractivity contribution is 0.0729. The lowest BCUT2D eigenvalue weighted by atomic mass is 10.1. The normalized spacial score (nSPS) is 16.6. The van der Waals surface area contributed by atoms with Gasteiger partial charge >= 0.3 is 0 Å². The Kier molecular flexibility index (Phi) is 6.17. The van der Waals surface area contributed by atoms with E-state index >= 15 is 0 Å². The fraction of sp³-hybridized carbons (Fsp3) is 0.368. The van der Waals surface area contributed by atoms with Gasteiger partial charge in [-0.1, -0.05) is 6.07 Å². The number of methoxy groups -OCH3 is 1. The number of benzene rings is 2. The van der Waals surface area contributed by atoms with Gasteiger partial charge in [-0.2, -0.15) is 4.31 Å². The van der Waals surface area contributed by atoms with Gasteiger partial charge in [-0.05, 0) is 37.3 Å². The summed E-state index contributed by atoms with van der Waals surface area (Å²) in [6.07, 6.45) is 0. The Morgan fingerprint density at radius 2 is 1.79 bits per heavy atom. The number of anilines is 1. The van der Waals surface area contributed by atoms with Gasteiger partial charge in [0.2, 0.25) is 10.0 Å². The van der Waals surface area contributed by atoms with Gasteiger partial charge in [0.1, 0.15) is 22.3 Å². The minimum absolute atomic E-state index is 0.0110. The molecular weight excluding hydrogens is 390 g/mol. The molecule has 2 aromatic rings. The number of halogens is 2. The Morgan fingerprint density at radius 1 is 1.14 bits per heavy atom. The molecule has 0 radical (unpaired) electrons. The van der Waals surface area contributed by atoms with Crippen LogP contribution in [0.5, 0.6) is 5.75 Å². The second-order valence-corrected chi connectivity index (χ2v) is 8.29. The van der Waals surface area contributed by atoms with Gasteiger partial charge in [-0.15, -0.1) is 0 Å². The van der Waals surface area contributed by atoms with Crippen LogP contribution in [0.3, 0.4) is 0 Å². The monoisotopic (exact) mass is 412 g/mol. The largest absolute Gasteiger partial charge is 0.495 e. The maximum absolute atomic E-state index is 14.0. The summed E-state index contributed by atoms with van der Waals surface area (Å²) in [4.78, 5) is -0.0110. The first kappa shape index (κ1) is 20.5. The van der Waals surface area contributed by atoms with E-state index in [0.29, 0.717) is 18.9 Å². The molecule has 1 aliphatic rings. The lowest BCUT2D eigenvalue weighted by Crippen LogP contribution is -2.40. The van der Waals surface area contributed by atoms with Crippen molar-refractivity contribution in [3.8, 4) is 5.75 Å². The molecular formula is C19H22F2N2O4S. The summed E-state index contributed by atoms with van der Waals surface area (Å²) in [5, 5.41) is 2.96. The Hall–Kier alpha value is -2.23. The van der Waals surface area contributed by atoms with Crippen LogP contribution in [-0.2, 0) is 14.8 Å². The molecule has 0 aliphatic carbocycles. The fourth-order valence-electron chi connectivity index (χ4n) is 3.14. The number of hydrogen-bond acceptors (Lipinski definition) is 5. The van der Waals surface area contributed by atoms with E-state index in [2.05, 4.69) is 5.32 Å². The Balaban J connectivity index is 1.93. The van der Waals surface area contributed by atoms with Gasteiger partial charge in [0, 0.05) is 24.3 Å². The summed E-state index contributed by atoms with van der Waals surface area (Å²) in [6, 6.07) is 7.47. The molecule has 1 aliphatic heterocycles. The topological polar surface area (TPSA) is 67.9 Å². The first-order valence-electron chi connectivity index (χ1n) is 8.81. The minimum Gasteiger partial charge on any atom is -0.495 e. The van der Waals surface area contributed by atoms with Crippen LogP contribution in [0.1, 0.15) is 18.5 Å². The predicted octanol–water partition coefficient (Wildman–Crippen LogP) is 3.17. The number of rotatable bonds is 6. The third kappa shape index (κ3) is 4.11. The van der Waals surface area contributed by atoms with Crippen molar-refractivity contribution in [1.29, 1.82) is 0 Å². The average Bonchev–Trinajstić information content (AvgIpc) is 2.68. The fourth-order valence-corrected chi connectivity index (χ4v) is 4.73. The van der Waals surface area contributed by atoms with E-state index in [-0.39, 0.29) is 29.3 Å². The van der Waals surface area contributed by atoms with Crippen LogP contribution in [0.15, 0.2) is 41.3 Å². The number of sulfonamides is 1. The summed E-state index contributed by atoms with van der Waals surface area (Å²) in [7, 11) is -2.42. The van der Waals surface area contributed by atoms with E-state index in [1.165, 1.54) is 41.7 Å². The molecule has 2 aromatic carbocycles. The highest BCUT2D eigenvalue weighted by Crippen LogP contribution is 2.32. The molecule has 1 N–H and O–H groups in total. The summed E-state index contributed by atoms with van der Waals surface area (Å²) in [5.74, 6) is -1.15. The molecule has 0 bridgehead atoms. The van der Waals surface area contributed by atoms with Crippen molar-refractivity contribution in [3.63, 3.8) is 0 Å². The first-order valence-corrected chi connectivity index (χ1v) is 10.2. The summed E-state index contributed by atoms with van der Waals surface area (Å²) < 4.78 is 65.9. The maximum Gasteiger partial charge on any atom is 0.246 e. The van der Waals surface area contributed by atoms with Crippen molar-refractivity contribution in [2.24, 2.45) is 0 Å². The van der Waals surface area contributed by atoms with Gasteiger partial charge in [0.25, 0.3) is 0 Å². The summed E-state index contributed by atoms with van der Waals surface area (Å²) in [5.41, 5.74) is 0.290. The molecule has 0 aromatic heterocycles. The van der Waals surface area contributed by atoms with Crippen LogP contribution in [0.4, 0.5) is 14.5 Å². The highest BCUT2D eigenvalue weighted by Gasteiger charge is 2.29. The SMILES string of the molecule is COc1ccc(N[C@H](C)c2c(F)cccc2F)cc1S(=O)(=O)N1CCOCC1. The average molecular weight is 412 g/mol. The van der Waals surface area contributed by atoms with E-state index in [9.17, 15) is 17.2 Å². The van der Waals surface area contributed by atoms with Gasteiger partial charge < -0.3 is 14.8 Å². The number of ether oxygens (including phenoxy) is 2.